The number of hydrogen-bond acceptors (Lipinski definition) is 0. The van der Waals surface area contributed by atoms with Crippen LogP contribution in [-0.4, -0.2) is 0 Å². The number of hydrogen-bond donors (Lipinski definition) is 0. The zero-order chi connectivity index (χ0) is 12.8. The Bertz CT molecular complexity index is 521. The molecule has 0 saturated carbocycles. The van der Waals surface area contributed by atoms with Gasteiger partial charge in [0.25, 0.3) is 0 Å². The lowest BCUT2D eigenvalue weighted by atomic mass is 10.00. The van der Waals surface area contributed by atoms with Crippen molar-refractivity contribution in [1.29, 1.82) is 0 Å². The second kappa shape index (κ2) is 6.20. The first-order chi connectivity index (χ1) is 8.81. The summed E-state index contributed by atoms with van der Waals surface area (Å²) in [5.74, 6) is 0. The first-order valence-corrected chi connectivity index (χ1v) is 6.60. The highest BCUT2D eigenvalue weighted by atomic mass is 14.0. The smallest absolute Gasteiger partial charge is 0.00941 e. The minimum atomic E-state index is 0.997. The van der Waals surface area contributed by atoms with E-state index >= 15 is 0 Å². The van der Waals surface area contributed by atoms with Gasteiger partial charge < -0.3 is 0 Å². The summed E-state index contributed by atoms with van der Waals surface area (Å²) < 4.78 is 0. The highest BCUT2D eigenvalue weighted by Gasteiger charge is 1.98. The molecule has 0 aromatic heterocycles. The maximum absolute atomic E-state index is 2.25. The van der Waals surface area contributed by atoms with Crippen LogP contribution in [0.25, 0.3) is 6.08 Å². The largest absolute Gasteiger partial charge is 0.0795 e. The van der Waals surface area contributed by atoms with Crippen LogP contribution in [0, 0.1) is 6.92 Å². The molecule has 0 spiro atoms. The van der Waals surface area contributed by atoms with Crippen molar-refractivity contribution in [2.24, 2.45) is 0 Å². The van der Waals surface area contributed by atoms with E-state index in [1.807, 2.05) is 0 Å². The first kappa shape index (κ1) is 12.6. The Kier molecular flexibility index (Phi) is 4.35. The highest BCUT2D eigenvalue weighted by Crippen LogP contribution is 2.16. The Hall–Kier alpha value is -1.82. The van der Waals surface area contributed by atoms with Crippen LogP contribution in [-0.2, 0) is 12.8 Å². The average Bonchev–Trinajstić information content (AvgIpc) is 2.42. The van der Waals surface area contributed by atoms with Crippen molar-refractivity contribution in [2.75, 3.05) is 0 Å². The predicted octanol–water partition coefficient (Wildman–Crippen LogP) is 4.81. The van der Waals surface area contributed by atoms with E-state index in [2.05, 4.69) is 74.5 Å². The number of aryl methyl sites for hydroxylation is 1. The van der Waals surface area contributed by atoms with Gasteiger partial charge in [0.1, 0.15) is 0 Å². The summed E-state index contributed by atoms with van der Waals surface area (Å²) in [6, 6.07) is 17.1. The standard InChI is InChI=1S/C18H20/c1-3-17-12-8-14-18(15(17)2)13-7-11-16-9-5-4-6-10-16/h4-10,12-14H,3,11H2,1-2H3. The van der Waals surface area contributed by atoms with Crippen molar-refractivity contribution < 1.29 is 0 Å². The molecule has 0 radical (unpaired) electrons. The van der Waals surface area contributed by atoms with Gasteiger partial charge in [-0.05, 0) is 42.0 Å². The van der Waals surface area contributed by atoms with E-state index in [0.29, 0.717) is 0 Å². The molecule has 0 amide bonds. The van der Waals surface area contributed by atoms with E-state index in [1.165, 1.54) is 22.3 Å². The molecule has 0 fully saturated rings. The summed E-state index contributed by atoms with van der Waals surface area (Å²) in [5.41, 5.74) is 5.55. The fourth-order valence-electron chi connectivity index (χ4n) is 2.20. The second-order valence-electron chi connectivity index (χ2n) is 4.58. The molecule has 0 saturated heterocycles. The van der Waals surface area contributed by atoms with Gasteiger partial charge in [-0.15, -0.1) is 0 Å². The van der Waals surface area contributed by atoms with E-state index in [4.69, 9.17) is 0 Å². The van der Waals surface area contributed by atoms with Crippen molar-refractivity contribution in [3.63, 3.8) is 0 Å². The van der Waals surface area contributed by atoms with Crippen molar-refractivity contribution in [2.45, 2.75) is 26.7 Å². The molecular weight excluding hydrogens is 216 g/mol. The van der Waals surface area contributed by atoms with Crippen molar-refractivity contribution >= 4 is 6.08 Å². The van der Waals surface area contributed by atoms with Crippen LogP contribution < -0.4 is 0 Å². The molecule has 0 nitrogen and oxygen atoms in total. The molecule has 0 aliphatic rings. The summed E-state index contributed by atoms with van der Waals surface area (Å²) in [6.45, 7) is 4.42. The van der Waals surface area contributed by atoms with Gasteiger partial charge in [0.2, 0.25) is 0 Å². The fraction of sp³-hybridized carbons (Fsp3) is 0.222. The molecule has 0 bridgehead atoms. The van der Waals surface area contributed by atoms with Crippen molar-refractivity contribution in [1.82, 2.24) is 0 Å². The predicted molar refractivity (Wildman–Crippen MR) is 79.7 cm³/mol. The van der Waals surface area contributed by atoms with Gasteiger partial charge in [0, 0.05) is 0 Å². The Morgan fingerprint density at radius 2 is 1.72 bits per heavy atom. The summed E-state index contributed by atoms with van der Waals surface area (Å²) in [7, 11) is 0. The van der Waals surface area contributed by atoms with Crippen molar-refractivity contribution in [3.05, 3.63) is 76.9 Å². The van der Waals surface area contributed by atoms with Gasteiger partial charge in [-0.3, -0.25) is 0 Å². The topological polar surface area (TPSA) is 0 Å². The summed E-state index contributed by atoms with van der Waals surface area (Å²) in [5, 5.41) is 0. The molecule has 2 aromatic rings. The maximum Gasteiger partial charge on any atom is -0.00941 e. The normalized spacial score (nSPS) is 11.0. The molecular formula is C18H20. The van der Waals surface area contributed by atoms with E-state index in [9.17, 15) is 0 Å². The lowest BCUT2D eigenvalue weighted by Gasteiger charge is -2.06. The lowest BCUT2D eigenvalue weighted by Crippen LogP contribution is -1.89. The molecule has 92 valence electrons. The fourth-order valence-corrected chi connectivity index (χ4v) is 2.20. The Labute approximate surface area is 110 Å². The van der Waals surface area contributed by atoms with Crippen LogP contribution in [0.3, 0.4) is 0 Å². The number of benzene rings is 2. The molecule has 0 aliphatic carbocycles. The molecule has 2 rings (SSSR count). The molecule has 0 N–H and O–H groups in total. The van der Waals surface area contributed by atoms with Crippen LogP contribution in [0.15, 0.2) is 54.6 Å². The summed E-state index contributed by atoms with van der Waals surface area (Å²) >= 11 is 0. The van der Waals surface area contributed by atoms with Crippen LogP contribution in [0.2, 0.25) is 0 Å². The SMILES string of the molecule is CCc1cccc(C=CCc2ccccc2)c1C. The molecule has 0 unspecified atom stereocenters. The third-order valence-corrected chi connectivity index (χ3v) is 3.36. The first-order valence-electron chi connectivity index (χ1n) is 6.60. The Morgan fingerprint density at radius 3 is 2.44 bits per heavy atom. The third kappa shape index (κ3) is 3.10. The Morgan fingerprint density at radius 1 is 0.944 bits per heavy atom. The van der Waals surface area contributed by atoms with E-state index in [0.717, 1.165) is 12.8 Å². The van der Waals surface area contributed by atoms with Gasteiger partial charge in [-0.1, -0.05) is 67.6 Å². The zero-order valence-electron chi connectivity index (χ0n) is 11.2. The third-order valence-electron chi connectivity index (χ3n) is 3.36. The molecule has 0 heteroatoms. The van der Waals surface area contributed by atoms with Crippen LogP contribution in [0.4, 0.5) is 0 Å². The number of allylic oxidation sites excluding steroid dienone is 1. The molecule has 2 aromatic carbocycles. The highest BCUT2D eigenvalue weighted by molar-refractivity contribution is 5.56. The van der Waals surface area contributed by atoms with Crippen LogP contribution in [0.5, 0.6) is 0 Å². The maximum atomic E-state index is 2.25. The van der Waals surface area contributed by atoms with Gasteiger partial charge in [-0.25, -0.2) is 0 Å². The average molecular weight is 236 g/mol. The minimum Gasteiger partial charge on any atom is -0.0795 e. The monoisotopic (exact) mass is 236 g/mol. The molecule has 18 heavy (non-hydrogen) atoms. The van der Waals surface area contributed by atoms with Gasteiger partial charge in [0.05, 0.1) is 0 Å². The lowest BCUT2D eigenvalue weighted by molar-refractivity contribution is 1.11. The summed E-state index contributed by atoms with van der Waals surface area (Å²) in [4.78, 5) is 0. The van der Waals surface area contributed by atoms with E-state index in [1.54, 1.807) is 0 Å². The van der Waals surface area contributed by atoms with Gasteiger partial charge in [-0.2, -0.15) is 0 Å². The van der Waals surface area contributed by atoms with E-state index < -0.39 is 0 Å². The van der Waals surface area contributed by atoms with Crippen molar-refractivity contribution in [3.8, 4) is 0 Å². The molecule has 0 heterocycles. The van der Waals surface area contributed by atoms with Gasteiger partial charge in [0.15, 0.2) is 0 Å². The van der Waals surface area contributed by atoms with Crippen LogP contribution in [0.1, 0.15) is 29.2 Å². The second-order valence-corrected chi connectivity index (χ2v) is 4.58. The van der Waals surface area contributed by atoms with Crippen LogP contribution >= 0.6 is 0 Å². The summed E-state index contributed by atoms with van der Waals surface area (Å²) in [6.07, 6.45) is 6.58. The quantitative estimate of drug-likeness (QED) is 0.714. The van der Waals surface area contributed by atoms with E-state index in [-0.39, 0.29) is 0 Å². The zero-order valence-corrected chi connectivity index (χ0v) is 11.2. The molecule has 0 atom stereocenters. The van der Waals surface area contributed by atoms with Gasteiger partial charge >= 0.3 is 0 Å². The number of rotatable bonds is 4. The Balaban J connectivity index is 2.10. The molecule has 0 aliphatic heterocycles. The minimum absolute atomic E-state index is 0.997.